The zero-order chi connectivity index (χ0) is 17.1. The Balaban J connectivity index is 2.16. The monoisotopic (exact) mass is 314 g/mol. The molecule has 0 bridgehead atoms. The number of rotatable bonds is 5. The van der Waals surface area contributed by atoms with E-state index in [1.54, 1.807) is 9.80 Å². The summed E-state index contributed by atoms with van der Waals surface area (Å²) in [5.41, 5.74) is 4.17. The zero-order valence-electron chi connectivity index (χ0n) is 14.6. The van der Waals surface area contributed by atoms with Crippen LogP contribution >= 0.6 is 0 Å². The third-order valence-corrected chi connectivity index (χ3v) is 4.46. The summed E-state index contributed by atoms with van der Waals surface area (Å²) in [6, 6.07) is 6.00. The molecule has 1 aliphatic heterocycles. The Morgan fingerprint density at radius 3 is 2.61 bits per heavy atom. The molecule has 1 aromatic rings. The second kappa shape index (κ2) is 6.99. The Labute approximate surface area is 138 Å². The van der Waals surface area contributed by atoms with Crippen LogP contribution in [0.2, 0.25) is 0 Å². The Bertz CT molecular complexity index is 636. The van der Waals surface area contributed by atoms with Gasteiger partial charge in [0.05, 0.1) is 0 Å². The molecule has 1 aromatic carbocycles. The molecule has 2 amide bonds. The maximum absolute atomic E-state index is 12.7. The minimum Gasteiger partial charge on any atom is -0.338 e. The molecule has 0 N–H and O–H groups in total. The third kappa shape index (κ3) is 3.63. The van der Waals surface area contributed by atoms with Crippen LogP contribution in [-0.4, -0.2) is 36.3 Å². The van der Waals surface area contributed by atoms with Crippen LogP contribution in [0.4, 0.5) is 5.69 Å². The molecule has 0 aromatic heterocycles. The summed E-state index contributed by atoms with van der Waals surface area (Å²) >= 11 is 0. The minimum atomic E-state index is -0.559. The molecule has 1 atom stereocenters. The molecule has 1 fully saturated rings. The van der Waals surface area contributed by atoms with E-state index >= 15 is 0 Å². The number of likely N-dealkylation sites (N-methyl/N-ethyl adjacent to an activating group) is 1. The third-order valence-electron chi connectivity index (χ3n) is 4.46. The van der Waals surface area contributed by atoms with Gasteiger partial charge in [0.2, 0.25) is 11.8 Å². The molecule has 2 rings (SSSR count). The van der Waals surface area contributed by atoms with Crippen LogP contribution in [0, 0.1) is 19.8 Å². The normalized spacial score (nSPS) is 17.5. The van der Waals surface area contributed by atoms with Crippen LogP contribution in [0.15, 0.2) is 30.4 Å². The van der Waals surface area contributed by atoms with Crippen molar-refractivity contribution in [3.63, 3.8) is 0 Å². The van der Waals surface area contributed by atoms with Crippen molar-refractivity contribution in [2.24, 2.45) is 5.92 Å². The number of carbonyl (C=O) groups excluding carboxylic acids is 2. The quantitative estimate of drug-likeness (QED) is 0.619. The topological polar surface area (TPSA) is 40.6 Å². The van der Waals surface area contributed by atoms with Gasteiger partial charge in [0.25, 0.3) is 0 Å². The number of hydrogen-bond donors (Lipinski definition) is 0. The first-order valence-electron chi connectivity index (χ1n) is 8.17. The van der Waals surface area contributed by atoms with Crippen LogP contribution < -0.4 is 4.90 Å². The molecule has 1 aliphatic rings. The molecule has 0 aliphatic carbocycles. The second-order valence-corrected chi connectivity index (χ2v) is 6.41. The summed E-state index contributed by atoms with van der Waals surface area (Å²) in [4.78, 5) is 28.8. The summed E-state index contributed by atoms with van der Waals surface area (Å²) in [5.74, 6) is -0.721. The molecular formula is C19H26N2O2. The van der Waals surface area contributed by atoms with Gasteiger partial charge in [-0.3, -0.25) is 9.59 Å². The zero-order valence-corrected chi connectivity index (χ0v) is 14.6. The fraction of sp³-hybridized carbons (Fsp3) is 0.474. The van der Waals surface area contributed by atoms with Crippen LogP contribution in [0.25, 0.3) is 0 Å². The first kappa shape index (κ1) is 17.3. The van der Waals surface area contributed by atoms with E-state index in [-0.39, 0.29) is 11.8 Å². The molecule has 0 spiro atoms. The van der Waals surface area contributed by atoms with Crippen molar-refractivity contribution in [2.75, 3.05) is 24.5 Å². The smallest absolute Gasteiger partial charge is 0.239 e. The Morgan fingerprint density at radius 2 is 2.04 bits per heavy atom. The SMILES string of the molecule is C=C(C)CN(CC)C(=O)C1CCN(c2ccc(C)c(C)c2)C1=O. The molecule has 0 saturated carbocycles. The minimum absolute atomic E-state index is 0.0770. The van der Waals surface area contributed by atoms with Crippen LogP contribution in [0.3, 0.4) is 0 Å². The largest absolute Gasteiger partial charge is 0.338 e. The van der Waals surface area contributed by atoms with Crippen molar-refractivity contribution in [1.82, 2.24) is 4.90 Å². The predicted molar refractivity (Wildman–Crippen MR) is 93.4 cm³/mol. The number of nitrogens with zero attached hydrogens (tertiary/aromatic N) is 2. The molecule has 124 valence electrons. The summed E-state index contributed by atoms with van der Waals surface area (Å²) in [6.45, 7) is 13.5. The standard InChI is InChI=1S/C19H26N2O2/c1-6-20(12-13(2)3)18(22)17-9-10-21(19(17)23)16-8-7-14(4)15(5)11-16/h7-8,11,17H,2,6,9-10,12H2,1,3-5H3. The lowest BCUT2D eigenvalue weighted by Gasteiger charge is -2.24. The summed E-state index contributed by atoms with van der Waals surface area (Å²) < 4.78 is 0. The van der Waals surface area contributed by atoms with E-state index in [1.807, 2.05) is 45.9 Å². The van der Waals surface area contributed by atoms with E-state index in [4.69, 9.17) is 0 Å². The van der Waals surface area contributed by atoms with Crippen LogP contribution in [0.1, 0.15) is 31.4 Å². The van der Waals surface area contributed by atoms with E-state index in [2.05, 4.69) is 6.58 Å². The molecule has 1 heterocycles. The van der Waals surface area contributed by atoms with Crippen LogP contribution in [-0.2, 0) is 9.59 Å². The van der Waals surface area contributed by atoms with Crippen molar-refractivity contribution >= 4 is 17.5 Å². The van der Waals surface area contributed by atoms with Crippen molar-refractivity contribution in [2.45, 2.75) is 34.1 Å². The summed E-state index contributed by atoms with van der Waals surface area (Å²) in [7, 11) is 0. The molecule has 1 saturated heterocycles. The van der Waals surface area contributed by atoms with Gasteiger partial charge in [0.15, 0.2) is 0 Å². The van der Waals surface area contributed by atoms with Gasteiger partial charge in [-0.25, -0.2) is 0 Å². The number of aryl methyl sites for hydroxylation is 2. The molecule has 23 heavy (non-hydrogen) atoms. The molecule has 1 unspecified atom stereocenters. The van der Waals surface area contributed by atoms with Gasteiger partial charge in [-0.15, -0.1) is 0 Å². The molecule has 0 radical (unpaired) electrons. The number of benzene rings is 1. The highest BCUT2D eigenvalue weighted by Crippen LogP contribution is 2.28. The van der Waals surface area contributed by atoms with Gasteiger partial charge in [0, 0.05) is 25.3 Å². The molecule has 4 nitrogen and oxygen atoms in total. The van der Waals surface area contributed by atoms with Crippen molar-refractivity contribution in [3.05, 3.63) is 41.5 Å². The predicted octanol–water partition coefficient (Wildman–Crippen LogP) is 3.08. The second-order valence-electron chi connectivity index (χ2n) is 6.41. The van der Waals surface area contributed by atoms with Gasteiger partial charge < -0.3 is 9.80 Å². The lowest BCUT2D eigenvalue weighted by molar-refractivity contribution is -0.139. The van der Waals surface area contributed by atoms with Crippen LogP contribution in [0.5, 0.6) is 0 Å². The number of anilines is 1. The number of carbonyl (C=O) groups is 2. The van der Waals surface area contributed by atoms with E-state index in [1.165, 1.54) is 5.56 Å². The average Bonchev–Trinajstić information content (AvgIpc) is 2.88. The first-order valence-corrected chi connectivity index (χ1v) is 8.17. The van der Waals surface area contributed by atoms with E-state index in [0.717, 1.165) is 16.8 Å². The van der Waals surface area contributed by atoms with E-state index < -0.39 is 5.92 Å². The van der Waals surface area contributed by atoms with Crippen molar-refractivity contribution in [3.8, 4) is 0 Å². The Morgan fingerprint density at radius 1 is 1.35 bits per heavy atom. The van der Waals surface area contributed by atoms with E-state index in [9.17, 15) is 9.59 Å². The van der Waals surface area contributed by atoms with Gasteiger partial charge >= 0.3 is 0 Å². The Kier molecular flexibility index (Phi) is 5.24. The fourth-order valence-corrected chi connectivity index (χ4v) is 2.95. The fourth-order valence-electron chi connectivity index (χ4n) is 2.95. The first-order chi connectivity index (χ1) is 10.8. The molecular weight excluding hydrogens is 288 g/mol. The maximum atomic E-state index is 12.7. The maximum Gasteiger partial charge on any atom is 0.239 e. The number of amides is 2. The van der Waals surface area contributed by atoms with Crippen molar-refractivity contribution in [1.29, 1.82) is 0 Å². The van der Waals surface area contributed by atoms with Gasteiger partial charge in [0.1, 0.15) is 5.92 Å². The Hall–Kier alpha value is -2.10. The average molecular weight is 314 g/mol. The highest BCUT2D eigenvalue weighted by atomic mass is 16.2. The van der Waals surface area contributed by atoms with Gasteiger partial charge in [-0.1, -0.05) is 18.2 Å². The summed E-state index contributed by atoms with van der Waals surface area (Å²) in [6.07, 6.45) is 0.581. The highest BCUT2D eigenvalue weighted by Gasteiger charge is 2.39. The molecule has 4 heteroatoms. The van der Waals surface area contributed by atoms with Gasteiger partial charge in [-0.05, 0) is 57.4 Å². The van der Waals surface area contributed by atoms with Gasteiger partial charge in [-0.2, -0.15) is 0 Å². The number of hydrogen-bond acceptors (Lipinski definition) is 2. The lowest BCUT2D eigenvalue weighted by atomic mass is 10.1. The van der Waals surface area contributed by atoms with Crippen molar-refractivity contribution < 1.29 is 9.59 Å². The lowest BCUT2D eigenvalue weighted by Crippen LogP contribution is -2.40. The van der Waals surface area contributed by atoms with E-state index in [0.29, 0.717) is 26.1 Å². The summed E-state index contributed by atoms with van der Waals surface area (Å²) in [5, 5.41) is 0. The highest BCUT2D eigenvalue weighted by molar-refractivity contribution is 6.09.